The minimum atomic E-state index is 0.900. The Morgan fingerprint density at radius 2 is 2.13 bits per heavy atom. The molecule has 0 radical (unpaired) electrons. The molecule has 1 N–H and O–H groups in total. The summed E-state index contributed by atoms with van der Waals surface area (Å²) in [4.78, 5) is 8.12. The van der Waals surface area contributed by atoms with Gasteiger partial charge in [0.1, 0.15) is 5.01 Å². The van der Waals surface area contributed by atoms with Gasteiger partial charge in [-0.15, -0.1) is 11.3 Å². The van der Waals surface area contributed by atoms with Gasteiger partial charge >= 0.3 is 0 Å². The second kappa shape index (κ2) is 6.20. The normalized spacial score (nSPS) is 11.3. The van der Waals surface area contributed by atoms with Crippen LogP contribution in [0.1, 0.15) is 22.5 Å². The Morgan fingerprint density at radius 3 is 2.67 bits per heavy atom. The van der Waals surface area contributed by atoms with Crippen LogP contribution in [0.15, 0.2) is 0 Å². The van der Waals surface area contributed by atoms with Crippen LogP contribution in [0, 0.1) is 13.8 Å². The van der Waals surface area contributed by atoms with Crippen molar-refractivity contribution in [3.8, 4) is 0 Å². The fourth-order valence-electron chi connectivity index (χ4n) is 1.24. The van der Waals surface area contributed by atoms with E-state index in [1.807, 2.05) is 0 Å². The molecule has 0 saturated heterocycles. The van der Waals surface area contributed by atoms with Crippen molar-refractivity contribution in [2.24, 2.45) is 0 Å². The number of hydrogen-bond acceptors (Lipinski definition) is 4. The van der Waals surface area contributed by atoms with Gasteiger partial charge < -0.3 is 10.2 Å². The predicted octanol–water partition coefficient (Wildman–Crippen LogP) is 1.80. The molecule has 0 spiro atoms. The molecule has 86 valence electrons. The lowest BCUT2D eigenvalue weighted by molar-refractivity contribution is 0.349. The number of rotatable bonds is 6. The molecule has 0 aliphatic rings. The van der Waals surface area contributed by atoms with Gasteiger partial charge in [-0.3, -0.25) is 0 Å². The van der Waals surface area contributed by atoms with Crippen molar-refractivity contribution in [3.05, 3.63) is 15.6 Å². The molecule has 0 amide bonds. The van der Waals surface area contributed by atoms with E-state index in [1.54, 1.807) is 11.3 Å². The van der Waals surface area contributed by atoms with Gasteiger partial charge in [-0.25, -0.2) is 4.98 Å². The average molecular weight is 227 g/mol. The number of hydrogen-bond donors (Lipinski definition) is 1. The van der Waals surface area contributed by atoms with Crippen LogP contribution in [-0.4, -0.2) is 36.6 Å². The molecule has 0 unspecified atom stereocenters. The second-order valence-electron chi connectivity index (χ2n) is 3.82. The van der Waals surface area contributed by atoms with Crippen molar-refractivity contribution in [1.29, 1.82) is 0 Å². The summed E-state index contributed by atoms with van der Waals surface area (Å²) in [5.41, 5.74) is 1.17. The molecule has 0 atom stereocenters. The lowest BCUT2D eigenvalue weighted by Gasteiger charge is -2.13. The van der Waals surface area contributed by atoms with Gasteiger partial charge in [-0.1, -0.05) is 6.92 Å². The Morgan fingerprint density at radius 1 is 1.40 bits per heavy atom. The Kier molecular flexibility index (Phi) is 5.22. The molecule has 0 aromatic carbocycles. The van der Waals surface area contributed by atoms with Gasteiger partial charge in [0.05, 0.1) is 5.69 Å². The van der Waals surface area contributed by atoms with Crippen LogP contribution in [-0.2, 0) is 6.54 Å². The van der Waals surface area contributed by atoms with E-state index in [4.69, 9.17) is 0 Å². The molecular formula is C11H21N3S. The van der Waals surface area contributed by atoms with Crippen molar-refractivity contribution in [2.45, 2.75) is 27.3 Å². The smallest absolute Gasteiger partial charge is 0.107 e. The molecule has 1 heterocycles. The Hall–Kier alpha value is -0.450. The molecule has 1 aromatic rings. The monoisotopic (exact) mass is 227 g/mol. The van der Waals surface area contributed by atoms with Crippen molar-refractivity contribution < 1.29 is 0 Å². The van der Waals surface area contributed by atoms with E-state index in [2.05, 4.69) is 43.0 Å². The number of likely N-dealkylation sites (N-methyl/N-ethyl adjacent to an activating group) is 1. The lowest BCUT2D eigenvalue weighted by Crippen LogP contribution is -2.28. The first kappa shape index (κ1) is 12.6. The second-order valence-corrected chi connectivity index (χ2v) is 5.11. The van der Waals surface area contributed by atoms with E-state index >= 15 is 0 Å². The topological polar surface area (TPSA) is 28.2 Å². The molecule has 1 aromatic heterocycles. The summed E-state index contributed by atoms with van der Waals surface area (Å²) in [6.07, 6.45) is 0. The van der Waals surface area contributed by atoms with Crippen LogP contribution in [0.3, 0.4) is 0 Å². The number of nitrogens with zero attached hydrogens (tertiary/aromatic N) is 2. The number of aromatic nitrogens is 1. The SMILES string of the molecule is CCN(C)CCNCc1nc(C)c(C)s1. The first-order valence-electron chi connectivity index (χ1n) is 5.45. The molecule has 0 aliphatic heterocycles. The average Bonchev–Trinajstić information content (AvgIpc) is 2.53. The summed E-state index contributed by atoms with van der Waals surface area (Å²) >= 11 is 1.79. The zero-order valence-corrected chi connectivity index (χ0v) is 10.9. The molecule has 4 heteroatoms. The first-order chi connectivity index (χ1) is 7.13. The summed E-state index contributed by atoms with van der Waals surface area (Å²) in [7, 11) is 2.14. The molecule has 1 rings (SSSR count). The third-order valence-corrected chi connectivity index (χ3v) is 3.63. The maximum atomic E-state index is 4.49. The van der Waals surface area contributed by atoms with Gasteiger partial charge in [-0.2, -0.15) is 0 Å². The molecular weight excluding hydrogens is 206 g/mol. The van der Waals surface area contributed by atoms with E-state index in [0.717, 1.165) is 26.2 Å². The minimum Gasteiger partial charge on any atom is -0.309 e. The fourth-order valence-corrected chi connectivity index (χ4v) is 2.14. The lowest BCUT2D eigenvalue weighted by atomic mass is 10.4. The minimum absolute atomic E-state index is 0.900. The highest BCUT2D eigenvalue weighted by Crippen LogP contribution is 2.15. The van der Waals surface area contributed by atoms with Crippen molar-refractivity contribution in [1.82, 2.24) is 15.2 Å². The van der Waals surface area contributed by atoms with Gasteiger partial charge in [0.15, 0.2) is 0 Å². The quantitative estimate of drug-likeness (QED) is 0.751. The van der Waals surface area contributed by atoms with E-state index in [1.165, 1.54) is 15.6 Å². The van der Waals surface area contributed by atoms with Crippen molar-refractivity contribution in [2.75, 3.05) is 26.7 Å². The summed E-state index contributed by atoms with van der Waals surface area (Å²) in [5, 5.41) is 4.61. The van der Waals surface area contributed by atoms with E-state index < -0.39 is 0 Å². The Bertz CT molecular complexity index is 277. The molecule has 0 saturated carbocycles. The molecule has 0 bridgehead atoms. The molecule has 0 fully saturated rings. The summed E-state index contributed by atoms with van der Waals surface area (Å²) < 4.78 is 0. The number of thiazole rings is 1. The maximum Gasteiger partial charge on any atom is 0.107 e. The predicted molar refractivity (Wildman–Crippen MR) is 66.5 cm³/mol. The standard InChI is InChI=1S/C11H21N3S/c1-5-14(4)7-6-12-8-11-13-9(2)10(3)15-11/h12H,5-8H2,1-4H3. The fraction of sp³-hybridized carbons (Fsp3) is 0.727. The number of nitrogens with one attached hydrogen (secondary N) is 1. The van der Waals surface area contributed by atoms with E-state index in [-0.39, 0.29) is 0 Å². The summed E-state index contributed by atoms with van der Waals surface area (Å²) in [6.45, 7) is 10.5. The molecule has 0 aliphatic carbocycles. The van der Waals surface area contributed by atoms with Crippen LogP contribution in [0.25, 0.3) is 0 Å². The number of aryl methyl sites for hydroxylation is 2. The Labute approximate surface area is 96.5 Å². The highest BCUT2D eigenvalue weighted by molar-refractivity contribution is 7.11. The molecule has 3 nitrogen and oxygen atoms in total. The van der Waals surface area contributed by atoms with Crippen molar-refractivity contribution in [3.63, 3.8) is 0 Å². The third kappa shape index (κ3) is 4.28. The van der Waals surface area contributed by atoms with E-state index in [0.29, 0.717) is 0 Å². The highest BCUT2D eigenvalue weighted by atomic mass is 32.1. The van der Waals surface area contributed by atoms with Crippen LogP contribution in [0.2, 0.25) is 0 Å². The largest absolute Gasteiger partial charge is 0.309 e. The van der Waals surface area contributed by atoms with Gasteiger partial charge in [0.2, 0.25) is 0 Å². The van der Waals surface area contributed by atoms with E-state index in [9.17, 15) is 0 Å². The summed E-state index contributed by atoms with van der Waals surface area (Å²) in [5.74, 6) is 0. The Balaban J connectivity index is 2.20. The van der Waals surface area contributed by atoms with Gasteiger partial charge in [0, 0.05) is 24.5 Å². The van der Waals surface area contributed by atoms with Crippen LogP contribution >= 0.6 is 11.3 Å². The zero-order valence-electron chi connectivity index (χ0n) is 10.1. The maximum absolute atomic E-state index is 4.49. The third-order valence-electron chi connectivity index (χ3n) is 2.56. The van der Waals surface area contributed by atoms with Crippen LogP contribution in [0.5, 0.6) is 0 Å². The van der Waals surface area contributed by atoms with Gasteiger partial charge in [0.25, 0.3) is 0 Å². The first-order valence-corrected chi connectivity index (χ1v) is 6.27. The highest BCUT2D eigenvalue weighted by Gasteiger charge is 2.02. The van der Waals surface area contributed by atoms with Crippen molar-refractivity contribution >= 4 is 11.3 Å². The molecule has 15 heavy (non-hydrogen) atoms. The zero-order chi connectivity index (χ0) is 11.3. The van der Waals surface area contributed by atoms with Crippen LogP contribution < -0.4 is 5.32 Å². The van der Waals surface area contributed by atoms with Crippen LogP contribution in [0.4, 0.5) is 0 Å². The summed E-state index contributed by atoms with van der Waals surface area (Å²) in [6, 6.07) is 0. The van der Waals surface area contributed by atoms with Gasteiger partial charge in [-0.05, 0) is 27.4 Å².